The number of imide groups is 1. The summed E-state index contributed by atoms with van der Waals surface area (Å²) in [4.78, 5) is 42.5. The Kier molecular flexibility index (Phi) is 6.23. The molecule has 2 aromatic carbocycles. The standard InChI is InChI=1S/C26H28N2O6S/c1-15-6-4-5-7-17(15)22-20-21(26(27-22,10-13-35-3)25(31)32-2)24(30)28(23(20)29)16-8-9-18-19(14-16)34-12-11-33-18/h4-9,14,20-22,27H,10-13H2,1-3H3. The molecule has 4 atom stereocenters. The predicted molar refractivity (Wildman–Crippen MR) is 132 cm³/mol. The van der Waals surface area contributed by atoms with E-state index >= 15 is 0 Å². The van der Waals surface area contributed by atoms with E-state index in [1.165, 1.54) is 12.0 Å². The molecule has 2 fully saturated rings. The lowest BCUT2D eigenvalue weighted by atomic mass is 9.77. The number of hydrogen-bond donors (Lipinski definition) is 1. The normalized spacial score (nSPS) is 27.2. The van der Waals surface area contributed by atoms with Gasteiger partial charge in [0.25, 0.3) is 0 Å². The topological polar surface area (TPSA) is 94.2 Å². The summed E-state index contributed by atoms with van der Waals surface area (Å²) in [5.41, 5.74) is 0.964. The minimum atomic E-state index is -1.31. The summed E-state index contributed by atoms with van der Waals surface area (Å²) < 4.78 is 16.5. The third kappa shape index (κ3) is 3.68. The second-order valence-electron chi connectivity index (χ2n) is 9.03. The summed E-state index contributed by atoms with van der Waals surface area (Å²) in [5, 5.41) is 3.43. The molecule has 0 spiro atoms. The first kappa shape index (κ1) is 23.7. The van der Waals surface area contributed by atoms with Crippen LogP contribution in [-0.2, 0) is 19.1 Å². The average Bonchev–Trinajstić information content (AvgIpc) is 3.36. The number of rotatable bonds is 6. The van der Waals surface area contributed by atoms with Crippen molar-refractivity contribution >= 4 is 35.2 Å². The van der Waals surface area contributed by atoms with Gasteiger partial charge in [0.2, 0.25) is 11.8 Å². The lowest BCUT2D eigenvalue weighted by Gasteiger charge is -2.32. The van der Waals surface area contributed by atoms with Crippen LogP contribution in [0.5, 0.6) is 11.5 Å². The monoisotopic (exact) mass is 496 g/mol. The van der Waals surface area contributed by atoms with Gasteiger partial charge in [-0.1, -0.05) is 24.3 Å². The van der Waals surface area contributed by atoms with Crippen molar-refractivity contribution in [3.05, 3.63) is 53.6 Å². The fourth-order valence-electron chi connectivity index (χ4n) is 5.60. The van der Waals surface area contributed by atoms with Crippen molar-refractivity contribution < 1.29 is 28.6 Å². The number of fused-ring (bicyclic) bond motifs is 2. The summed E-state index contributed by atoms with van der Waals surface area (Å²) in [6, 6.07) is 12.3. The maximum absolute atomic E-state index is 14.0. The van der Waals surface area contributed by atoms with Crippen LogP contribution in [-0.4, -0.2) is 55.7 Å². The van der Waals surface area contributed by atoms with E-state index in [4.69, 9.17) is 14.2 Å². The van der Waals surface area contributed by atoms with Crippen molar-refractivity contribution in [2.45, 2.75) is 24.9 Å². The highest BCUT2D eigenvalue weighted by atomic mass is 32.2. The van der Waals surface area contributed by atoms with Gasteiger partial charge in [-0.25, -0.2) is 4.90 Å². The largest absolute Gasteiger partial charge is 0.486 e. The Bertz CT molecular complexity index is 1190. The third-order valence-electron chi connectivity index (χ3n) is 7.21. The maximum atomic E-state index is 14.0. The van der Waals surface area contributed by atoms with Gasteiger partial charge in [0.15, 0.2) is 11.5 Å². The van der Waals surface area contributed by atoms with Gasteiger partial charge in [0.05, 0.1) is 24.6 Å². The van der Waals surface area contributed by atoms with E-state index < -0.39 is 35.3 Å². The van der Waals surface area contributed by atoms with Crippen LogP contribution in [0.25, 0.3) is 0 Å². The van der Waals surface area contributed by atoms with Gasteiger partial charge >= 0.3 is 5.97 Å². The minimum Gasteiger partial charge on any atom is -0.486 e. The molecule has 3 heterocycles. The Labute approximate surface area is 208 Å². The Hall–Kier alpha value is -3.04. The molecule has 3 aliphatic heterocycles. The van der Waals surface area contributed by atoms with Gasteiger partial charge in [-0.05, 0) is 48.6 Å². The van der Waals surface area contributed by atoms with Crippen LogP contribution in [0.1, 0.15) is 23.6 Å². The van der Waals surface area contributed by atoms with Crippen molar-refractivity contribution in [1.82, 2.24) is 5.32 Å². The van der Waals surface area contributed by atoms with Crippen LogP contribution in [0.15, 0.2) is 42.5 Å². The molecule has 0 aromatic heterocycles. The predicted octanol–water partition coefficient (Wildman–Crippen LogP) is 2.88. The lowest BCUT2D eigenvalue weighted by molar-refractivity contribution is -0.152. The first-order chi connectivity index (χ1) is 16.9. The van der Waals surface area contributed by atoms with E-state index in [2.05, 4.69) is 5.32 Å². The Morgan fingerprint density at radius 3 is 2.60 bits per heavy atom. The van der Waals surface area contributed by atoms with E-state index in [0.717, 1.165) is 11.1 Å². The molecule has 1 N–H and O–H groups in total. The third-order valence-corrected chi connectivity index (χ3v) is 7.82. The molecule has 0 aliphatic carbocycles. The summed E-state index contributed by atoms with van der Waals surface area (Å²) in [5.74, 6) is -1.24. The number of ether oxygens (including phenoxy) is 3. The van der Waals surface area contributed by atoms with E-state index in [0.29, 0.717) is 42.6 Å². The summed E-state index contributed by atoms with van der Waals surface area (Å²) in [6.45, 7) is 2.80. The lowest BCUT2D eigenvalue weighted by Crippen LogP contribution is -2.56. The van der Waals surface area contributed by atoms with Crippen LogP contribution < -0.4 is 19.7 Å². The number of aryl methyl sites for hydroxylation is 1. The number of anilines is 1. The van der Waals surface area contributed by atoms with Crippen LogP contribution >= 0.6 is 11.8 Å². The number of benzene rings is 2. The number of methoxy groups -OCH3 is 1. The molecule has 2 amide bonds. The van der Waals surface area contributed by atoms with Crippen LogP contribution in [0, 0.1) is 18.8 Å². The quantitative estimate of drug-likeness (QED) is 0.482. The number of esters is 1. The first-order valence-electron chi connectivity index (χ1n) is 11.6. The molecule has 35 heavy (non-hydrogen) atoms. The van der Waals surface area contributed by atoms with E-state index in [9.17, 15) is 14.4 Å². The van der Waals surface area contributed by atoms with E-state index in [-0.39, 0.29) is 5.91 Å². The Morgan fingerprint density at radius 2 is 1.89 bits per heavy atom. The zero-order chi connectivity index (χ0) is 24.7. The van der Waals surface area contributed by atoms with Gasteiger partial charge in [-0.3, -0.25) is 19.7 Å². The van der Waals surface area contributed by atoms with Crippen molar-refractivity contribution in [1.29, 1.82) is 0 Å². The molecule has 0 bridgehead atoms. The molecule has 0 saturated carbocycles. The van der Waals surface area contributed by atoms with Crippen molar-refractivity contribution in [2.24, 2.45) is 11.8 Å². The second-order valence-corrected chi connectivity index (χ2v) is 10.0. The van der Waals surface area contributed by atoms with Crippen molar-refractivity contribution in [3.8, 4) is 11.5 Å². The fraction of sp³-hybridized carbons (Fsp3) is 0.423. The minimum absolute atomic E-state index is 0.340. The number of carbonyl (C=O) groups is 3. The Balaban J connectivity index is 1.63. The Morgan fingerprint density at radius 1 is 1.14 bits per heavy atom. The first-order valence-corrected chi connectivity index (χ1v) is 13.0. The van der Waals surface area contributed by atoms with Gasteiger partial charge in [0, 0.05) is 12.1 Å². The number of nitrogens with zero attached hydrogens (tertiary/aromatic N) is 1. The fourth-order valence-corrected chi connectivity index (χ4v) is 6.12. The molecule has 8 nitrogen and oxygen atoms in total. The number of carbonyl (C=O) groups excluding carboxylic acids is 3. The van der Waals surface area contributed by atoms with Crippen LogP contribution in [0.2, 0.25) is 0 Å². The summed E-state index contributed by atoms with van der Waals surface area (Å²) >= 11 is 1.58. The van der Waals surface area contributed by atoms with Gasteiger partial charge in [-0.2, -0.15) is 11.8 Å². The zero-order valence-corrected chi connectivity index (χ0v) is 20.7. The molecule has 2 aromatic rings. The second kappa shape index (κ2) is 9.20. The van der Waals surface area contributed by atoms with Crippen LogP contribution in [0.3, 0.4) is 0 Å². The van der Waals surface area contributed by atoms with E-state index in [1.807, 2.05) is 37.4 Å². The van der Waals surface area contributed by atoms with Gasteiger partial charge in [-0.15, -0.1) is 0 Å². The highest BCUT2D eigenvalue weighted by Crippen LogP contribution is 2.52. The van der Waals surface area contributed by atoms with Gasteiger partial charge in [0.1, 0.15) is 18.8 Å². The molecule has 184 valence electrons. The van der Waals surface area contributed by atoms with E-state index in [1.54, 1.807) is 30.0 Å². The summed E-state index contributed by atoms with van der Waals surface area (Å²) in [6.07, 6.45) is 2.30. The molecule has 0 radical (unpaired) electrons. The number of amides is 2. The molecule has 3 aliphatic rings. The van der Waals surface area contributed by atoms with Gasteiger partial charge < -0.3 is 14.2 Å². The highest BCUT2D eigenvalue weighted by Gasteiger charge is 2.68. The molecule has 5 rings (SSSR count). The maximum Gasteiger partial charge on any atom is 0.326 e. The van der Waals surface area contributed by atoms with Crippen molar-refractivity contribution in [3.63, 3.8) is 0 Å². The van der Waals surface area contributed by atoms with Crippen molar-refractivity contribution in [2.75, 3.05) is 37.2 Å². The molecular formula is C26H28N2O6S. The average molecular weight is 497 g/mol. The molecule has 4 unspecified atom stereocenters. The highest BCUT2D eigenvalue weighted by molar-refractivity contribution is 7.98. The molecule has 9 heteroatoms. The smallest absolute Gasteiger partial charge is 0.326 e. The SMILES string of the molecule is COC(=O)C1(CCSC)NC(c2ccccc2C)C2C(=O)N(c3ccc4c(c3)OCCO4)C(=O)C21. The number of thioether (sulfide) groups is 1. The van der Waals surface area contributed by atoms with Crippen LogP contribution in [0.4, 0.5) is 5.69 Å². The molecular weight excluding hydrogens is 468 g/mol. The summed E-state index contributed by atoms with van der Waals surface area (Å²) in [7, 11) is 1.32. The molecule has 2 saturated heterocycles. The number of nitrogens with one attached hydrogen (secondary N) is 1. The number of hydrogen-bond acceptors (Lipinski definition) is 8. The zero-order valence-electron chi connectivity index (χ0n) is 19.9.